The van der Waals surface area contributed by atoms with Crippen LogP contribution in [0.15, 0.2) is 4.99 Å². The van der Waals surface area contributed by atoms with Crippen LogP contribution in [0.1, 0.15) is 40.0 Å². The second-order valence-corrected chi connectivity index (χ2v) is 5.68. The Morgan fingerprint density at radius 1 is 1.39 bits per heavy atom. The first-order valence-electron chi connectivity index (χ1n) is 6.21. The Bertz CT molecular complexity index is 295. The van der Waals surface area contributed by atoms with Crippen LogP contribution in [0.3, 0.4) is 0 Å². The van der Waals surface area contributed by atoms with Gasteiger partial charge in [-0.2, -0.15) is 0 Å². The zero-order chi connectivity index (χ0) is 12.9. The molecular weight excluding hydrogens is 343 g/mol. The van der Waals surface area contributed by atoms with Crippen molar-refractivity contribution in [2.45, 2.75) is 45.6 Å². The van der Waals surface area contributed by atoms with Gasteiger partial charge in [0.05, 0.1) is 0 Å². The number of amides is 1. The molecule has 0 unspecified atom stereocenters. The molecule has 1 amide bonds. The molecule has 0 spiro atoms. The fourth-order valence-electron chi connectivity index (χ4n) is 1.62. The van der Waals surface area contributed by atoms with Crippen LogP contribution < -0.4 is 16.4 Å². The van der Waals surface area contributed by atoms with E-state index in [1.54, 1.807) is 0 Å². The van der Waals surface area contributed by atoms with Crippen molar-refractivity contribution in [3.8, 4) is 0 Å². The smallest absolute Gasteiger partial charge is 0.242 e. The lowest BCUT2D eigenvalue weighted by atomic mass is 9.85. The molecule has 0 aromatic rings. The number of halogens is 1. The van der Waals surface area contributed by atoms with Gasteiger partial charge < -0.3 is 16.4 Å². The highest BCUT2D eigenvalue weighted by atomic mass is 127. The van der Waals surface area contributed by atoms with Crippen molar-refractivity contribution >= 4 is 35.8 Å². The molecule has 6 heteroatoms. The monoisotopic (exact) mass is 368 g/mol. The number of hydrogen-bond acceptors (Lipinski definition) is 2. The fourth-order valence-corrected chi connectivity index (χ4v) is 1.62. The number of guanidine groups is 1. The number of nitrogens with zero attached hydrogens (tertiary/aromatic N) is 1. The van der Waals surface area contributed by atoms with Gasteiger partial charge in [-0.1, -0.05) is 6.42 Å². The molecular formula is C12H25IN4O. The maximum atomic E-state index is 11.5. The van der Waals surface area contributed by atoms with E-state index < -0.39 is 0 Å². The van der Waals surface area contributed by atoms with E-state index in [2.05, 4.69) is 15.6 Å². The molecule has 4 N–H and O–H groups in total. The van der Waals surface area contributed by atoms with Crippen molar-refractivity contribution < 1.29 is 4.79 Å². The summed E-state index contributed by atoms with van der Waals surface area (Å²) in [5.74, 6) is 0.985. The quantitative estimate of drug-likeness (QED) is 0.397. The number of aliphatic imine (C=N–C) groups is 1. The van der Waals surface area contributed by atoms with E-state index in [0.29, 0.717) is 5.96 Å². The Balaban J connectivity index is 0.00000289. The Morgan fingerprint density at radius 3 is 2.44 bits per heavy atom. The van der Waals surface area contributed by atoms with Crippen LogP contribution in [0.4, 0.5) is 0 Å². The average molecular weight is 368 g/mol. The maximum Gasteiger partial charge on any atom is 0.242 e. The molecule has 0 aliphatic heterocycles. The number of nitrogens with one attached hydrogen (secondary N) is 2. The topological polar surface area (TPSA) is 79.5 Å². The second-order valence-electron chi connectivity index (χ2n) is 5.68. The zero-order valence-electron chi connectivity index (χ0n) is 11.5. The van der Waals surface area contributed by atoms with E-state index in [4.69, 9.17) is 5.73 Å². The Hall–Kier alpha value is -0.530. The van der Waals surface area contributed by atoms with E-state index in [1.807, 2.05) is 20.8 Å². The third-order valence-corrected chi connectivity index (χ3v) is 2.70. The molecule has 1 aliphatic carbocycles. The molecule has 0 radical (unpaired) electrons. The average Bonchev–Trinajstić information content (AvgIpc) is 2.09. The van der Waals surface area contributed by atoms with E-state index in [-0.39, 0.29) is 42.0 Å². The number of carbonyl (C=O) groups is 1. The third kappa shape index (κ3) is 7.73. The number of nitrogens with two attached hydrogens (primary N) is 1. The van der Waals surface area contributed by atoms with Crippen LogP contribution in [0, 0.1) is 5.92 Å². The summed E-state index contributed by atoms with van der Waals surface area (Å²) in [6, 6.07) is 0. The standard InChI is InChI=1S/C12H24N4O.HI/c1-12(2,3)16-10(17)8-15-11(13)14-7-9-5-4-6-9;/h9H,4-8H2,1-3H3,(H,16,17)(H3,13,14,15);1H. The van der Waals surface area contributed by atoms with Gasteiger partial charge in [-0.25, -0.2) is 4.99 Å². The third-order valence-electron chi connectivity index (χ3n) is 2.70. The Kier molecular flexibility index (Phi) is 7.58. The van der Waals surface area contributed by atoms with Gasteiger partial charge >= 0.3 is 0 Å². The minimum atomic E-state index is -0.222. The molecule has 1 fully saturated rings. The van der Waals surface area contributed by atoms with Gasteiger partial charge in [-0.15, -0.1) is 24.0 Å². The minimum absolute atomic E-state index is 0. The van der Waals surface area contributed by atoms with Crippen LogP contribution in [-0.4, -0.2) is 30.5 Å². The molecule has 1 saturated carbocycles. The summed E-state index contributed by atoms with van der Waals surface area (Å²) in [6.07, 6.45) is 3.85. The molecule has 0 heterocycles. The maximum absolute atomic E-state index is 11.5. The Morgan fingerprint density at radius 2 is 2.00 bits per heavy atom. The largest absolute Gasteiger partial charge is 0.370 e. The van der Waals surface area contributed by atoms with Gasteiger partial charge in [0.25, 0.3) is 0 Å². The highest BCUT2D eigenvalue weighted by Gasteiger charge is 2.17. The molecule has 1 aliphatic rings. The molecule has 0 atom stereocenters. The van der Waals surface area contributed by atoms with E-state index in [1.165, 1.54) is 19.3 Å². The van der Waals surface area contributed by atoms with Gasteiger partial charge in [0.1, 0.15) is 6.54 Å². The minimum Gasteiger partial charge on any atom is -0.370 e. The fraction of sp³-hybridized carbons (Fsp3) is 0.833. The molecule has 0 bridgehead atoms. The lowest BCUT2D eigenvalue weighted by Gasteiger charge is -2.25. The summed E-state index contributed by atoms with van der Waals surface area (Å²) < 4.78 is 0. The van der Waals surface area contributed by atoms with E-state index in [9.17, 15) is 4.79 Å². The summed E-state index contributed by atoms with van der Waals surface area (Å²) in [5, 5.41) is 5.88. The van der Waals surface area contributed by atoms with Crippen molar-refractivity contribution in [2.75, 3.05) is 13.1 Å². The van der Waals surface area contributed by atoms with Crippen LogP contribution in [-0.2, 0) is 4.79 Å². The predicted octanol–water partition coefficient (Wildman–Crippen LogP) is 1.22. The van der Waals surface area contributed by atoms with Crippen molar-refractivity contribution in [1.82, 2.24) is 10.6 Å². The Labute approximate surface area is 126 Å². The van der Waals surface area contributed by atoms with Gasteiger partial charge in [0.15, 0.2) is 5.96 Å². The van der Waals surface area contributed by atoms with Gasteiger partial charge in [0.2, 0.25) is 5.91 Å². The SMILES string of the molecule is CC(C)(C)NC(=O)CN=C(N)NCC1CCC1.I. The van der Waals surface area contributed by atoms with Crippen molar-refractivity contribution in [1.29, 1.82) is 0 Å². The molecule has 18 heavy (non-hydrogen) atoms. The summed E-state index contributed by atoms with van der Waals surface area (Å²) in [4.78, 5) is 15.5. The zero-order valence-corrected chi connectivity index (χ0v) is 13.8. The molecule has 106 valence electrons. The summed E-state index contributed by atoms with van der Waals surface area (Å²) in [6.45, 7) is 6.77. The van der Waals surface area contributed by atoms with E-state index in [0.717, 1.165) is 12.5 Å². The highest BCUT2D eigenvalue weighted by molar-refractivity contribution is 14.0. The second kappa shape index (κ2) is 7.81. The molecule has 0 aromatic carbocycles. The molecule has 5 nitrogen and oxygen atoms in total. The molecule has 0 aromatic heterocycles. The van der Waals surface area contributed by atoms with Crippen molar-refractivity contribution in [3.63, 3.8) is 0 Å². The summed E-state index contributed by atoms with van der Waals surface area (Å²) in [7, 11) is 0. The highest BCUT2D eigenvalue weighted by Crippen LogP contribution is 2.24. The van der Waals surface area contributed by atoms with Gasteiger partial charge in [0, 0.05) is 12.1 Å². The normalized spacial score (nSPS) is 16.5. The van der Waals surface area contributed by atoms with Crippen molar-refractivity contribution in [3.05, 3.63) is 0 Å². The number of hydrogen-bond donors (Lipinski definition) is 3. The number of rotatable bonds is 4. The van der Waals surface area contributed by atoms with Gasteiger partial charge in [-0.05, 0) is 39.5 Å². The van der Waals surface area contributed by atoms with Crippen LogP contribution in [0.5, 0.6) is 0 Å². The van der Waals surface area contributed by atoms with E-state index >= 15 is 0 Å². The first kappa shape index (κ1) is 17.5. The molecule has 0 saturated heterocycles. The van der Waals surface area contributed by atoms with Crippen molar-refractivity contribution in [2.24, 2.45) is 16.6 Å². The lowest BCUT2D eigenvalue weighted by Crippen LogP contribution is -2.43. The van der Waals surface area contributed by atoms with Crippen LogP contribution >= 0.6 is 24.0 Å². The lowest BCUT2D eigenvalue weighted by molar-refractivity contribution is -0.121. The summed E-state index contributed by atoms with van der Waals surface area (Å²) in [5.41, 5.74) is 5.45. The number of carbonyl (C=O) groups excluding carboxylic acids is 1. The molecule has 1 rings (SSSR count). The first-order valence-corrected chi connectivity index (χ1v) is 6.21. The predicted molar refractivity (Wildman–Crippen MR) is 85.1 cm³/mol. The van der Waals surface area contributed by atoms with Gasteiger partial charge in [-0.3, -0.25) is 4.79 Å². The van der Waals surface area contributed by atoms with Crippen LogP contribution in [0.25, 0.3) is 0 Å². The first-order chi connectivity index (χ1) is 7.87. The van der Waals surface area contributed by atoms with Crippen LogP contribution in [0.2, 0.25) is 0 Å². The summed E-state index contributed by atoms with van der Waals surface area (Å²) >= 11 is 0.